The molecule has 1 aromatic rings. The van der Waals surface area contributed by atoms with Crippen molar-refractivity contribution in [3.05, 3.63) is 22.7 Å². The number of carbonyl (C=O) groups is 2. The first-order valence-electron chi connectivity index (χ1n) is 4.57. The monoisotopic (exact) mass is 286 g/mol. The fourth-order valence-electron chi connectivity index (χ4n) is 1.02. The Labute approximate surface area is 101 Å². The zero-order chi connectivity index (χ0) is 12.1. The minimum atomic E-state index is -0.926. The summed E-state index contributed by atoms with van der Waals surface area (Å²) in [5.74, 6) is -1.76. The third-order valence-corrected chi connectivity index (χ3v) is 2.22. The lowest BCUT2D eigenvalue weighted by atomic mass is 10.2. The Balaban J connectivity index is 2.73. The summed E-state index contributed by atoms with van der Waals surface area (Å²) in [4.78, 5) is 22.3. The fourth-order valence-corrected chi connectivity index (χ4v) is 1.40. The van der Waals surface area contributed by atoms with Crippen molar-refractivity contribution >= 4 is 39.2 Å². The van der Waals surface area contributed by atoms with Gasteiger partial charge in [0.1, 0.15) is 0 Å². The zero-order valence-corrected chi connectivity index (χ0v) is 10.2. The number of esters is 1. The van der Waals surface area contributed by atoms with Crippen molar-refractivity contribution in [1.82, 2.24) is 0 Å². The first kappa shape index (κ1) is 12.5. The third-order valence-electron chi connectivity index (χ3n) is 1.72. The summed E-state index contributed by atoms with van der Waals surface area (Å²) in [6.07, 6.45) is 0. The van der Waals surface area contributed by atoms with Gasteiger partial charge in [-0.3, -0.25) is 4.79 Å². The molecule has 0 aliphatic heterocycles. The molecule has 0 radical (unpaired) electrons. The van der Waals surface area contributed by atoms with Crippen molar-refractivity contribution in [1.29, 1.82) is 0 Å². The highest BCUT2D eigenvalue weighted by Crippen LogP contribution is 2.22. The highest BCUT2D eigenvalue weighted by atomic mass is 79.9. The van der Waals surface area contributed by atoms with E-state index < -0.39 is 11.9 Å². The van der Waals surface area contributed by atoms with Crippen LogP contribution < -0.4 is 11.1 Å². The van der Waals surface area contributed by atoms with Crippen molar-refractivity contribution in [2.45, 2.75) is 6.92 Å². The molecule has 1 aromatic carbocycles. The molecule has 0 aliphatic rings. The van der Waals surface area contributed by atoms with Crippen LogP contribution in [0.1, 0.15) is 6.92 Å². The number of ether oxygens (including phenoxy) is 1. The number of nitrogens with one attached hydrogen (secondary N) is 1. The second kappa shape index (κ2) is 5.50. The second-order valence-corrected chi connectivity index (χ2v) is 3.82. The molecule has 0 aliphatic carbocycles. The first-order valence-corrected chi connectivity index (χ1v) is 5.37. The largest absolute Gasteiger partial charge is 0.459 e. The maximum absolute atomic E-state index is 11.3. The van der Waals surface area contributed by atoms with Crippen LogP contribution >= 0.6 is 15.9 Å². The van der Waals surface area contributed by atoms with Gasteiger partial charge in [-0.15, -0.1) is 0 Å². The summed E-state index contributed by atoms with van der Waals surface area (Å²) in [7, 11) is 0. The summed E-state index contributed by atoms with van der Waals surface area (Å²) in [6, 6.07) is 4.93. The molecule has 0 bridgehead atoms. The van der Waals surface area contributed by atoms with Crippen LogP contribution in [-0.2, 0) is 14.3 Å². The molecule has 6 heteroatoms. The van der Waals surface area contributed by atoms with Gasteiger partial charge in [-0.2, -0.15) is 0 Å². The molecule has 0 aromatic heterocycles. The van der Waals surface area contributed by atoms with E-state index >= 15 is 0 Å². The minimum Gasteiger partial charge on any atom is -0.459 e. The molecule has 0 fully saturated rings. The standard InChI is InChI=1S/C10H11BrN2O3/c1-2-16-10(15)9(14)13-8-4-3-6(11)5-7(8)12/h3-5H,2,12H2,1H3,(H,13,14). The molecule has 16 heavy (non-hydrogen) atoms. The van der Waals surface area contributed by atoms with Crippen molar-refractivity contribution in [2.24, 2.45) is 0 Å². The van der Waals surface area contributed by atoms with Gasteiger partial charge >= 0.3 is 11.9 Å². The van der Waals surface area contributed by atoms with E-state index in [1.807, 2.05) is 0 Å². The van der Waals surface area contributed by atoms with E-state index in [0.29, 0.717) is 11.4 Å². The van der Waals surface area contributed by atoms with Gasteiger partial charge in [0.2, 0.25) is 0 Å². The van der Waals surface area contributed by atoms with Gasteiger partial charge in [-0.25, -0.2) is 4.79 Å². The van der Waals surface area contributed by atoms with Crippen molar-refractivity contribution in [3.8, 4) is 0 Å². The summed E-state index contributed by atoms with van der Waals surface area (Å²) in [5.41, 5.74) is 6.39. The maximum Gasteiger partial charge on any atom is 0.397 e. The summed E-state index contributed by atoms with van der Waals surface area (Å²) < 4.78 is 5.33. The predicted molar refractivity (Wildman–Crippen MR) is 63.8 cm³/mol. The smallest absolute Gasteiger partial charge is 0.397 e. The van der Waals surface area contributed by atoms with Crippen LogP contribution in [-0.4, -0.2) is 18.5 Å². The number of rotatable bonds is 2. The molecule has 0 heterocycles. The number of nitrogen functional groups attached to an aromatic ring is 1. The van der Waals surface area contributed by atoms with Crippen LogP contribution in [0.4, 0.5) is 11.4 Å². The van der Waals surface area contributed by atoms with E-state index in [1.54, 1.807) is 25.1 Å². The predicted octanol–water partition coefficient (Wildman–Crippen LogP) is 1.53. The van der Waals surface area contributed by atoms with E-state index in [2.05, 4.69) is 26.0 Å². The normalized spacial score (nSPS) is 9.62. The number of hydrogen-bond acceptors (Lipinski definition) is 4. The third kappa shape index (κ3) is 3.23. The van der Waals surface area contributed by atoms with Gasteiger partial charge in [-0.1, -0.05) is 15.9 Å². The van der Waals surface area contributed by atoms with E-state index in [0.717, 1.165) is 4.47 Å². The molecule has 1 amide bonds. The van der Waals surface area contributed by atoms with Crippen molar-refractivity contribution in [2.75, 3.05) is 17.7 Å². The Morgan fingerprint density at radius 2 is 2.19 bits per heavy atom. The van der Waals surface area contributed by atoms with Crippen LogP contribution in [0.25, 0.3) is 0 Å². The molecule has 86 valence electrons. The zero-order valence-electron chi connectivity index (χ0n) is 8.62. The van der Waals surface area contributed by atoms with Crippen LogP contribution in [0.15, 0.2) is 22.7 Å². The molecule has 3 N–H and O–H groups in total. The molecule has 5 nitrogen and oxygen atoms in total. The molecular weight excluding hydrogens is 276 g/mol. The van der Waals surface area contributed by atoms with Crippen LogP contribution in [0.3, 0.4) is 0 Å². The number of anilines is 2. The van der Waals surface area contributed by atoms with Crippen LogP contribution in [0.2, 0.25) is 0 Å². The van der Waals surface area contributed by atoms with Gasteiger partial charge in [0.15, 0.2) is 0 Å². The van der Waals surface area contributed by atoms with Crippen molar-refractivity contribution < 1.29 is 14.3 Å². The van der Waals surface area contributed by atoms with E-state index in [-0.39, 0.29) is 6.61 Å². The Morgan fingerprint density at radius 1 is 1.50 bits per heavy atom. The Bertz CT molecular complexity index is 421. The lowest BCUT2D eigenvalue weighted by Crippen LogP contribution is -2.25. The molecular formula is C10H11BrN2O3. The van der Waals surface area contributed by atoms with Crippen molar-refractivity contribution in [3.63, 3.8) is 0 Å². The van der Waals surface area contributed by atoms with E-state index in [9.17, 15) is 9.59 Å². The number of amides is 1. The van der Waals surface area contributed by atoms with Crippen LogP contribution in [0.5, 0.6) is 0 Å². The highest BCUT2D eigenvalue weighted by Gasteiger charge is 2.15. The second-order valence-electron chi connectivity index (χ2n) is 2.91. The number of halogens is 1. The first-order chi connectivity index (χ1) is 7.54. The molecule has 0 saturated carbocycles. The Morgan fingerprint density at radius 3 is 2.75 bits per heavy atom. The van der Waals surface area contributed by atoms with Gasteiger partial charge in [0.05, 0.1) is 18.0 Å². The van der Waals surface area contributed by atoms with Gasteiger partial charge in [0, 0.05) is 4.47 Å². The number of benzene rings is 1. The molecule has 0 atom stereocenters. The van der Waals surface area contributed by atoms with Crippen LogP contribution in [0, 0.1) is 0 Å². The highest BCUT2D eigenvalue weighted by molar-refractivity contribution is 9.10. The average Bonchev–Trinajstić information content (AvgIpc) is 2.22. The summed E-state index contributed by atoms with van der Waals surface area (Å²) >= 11 is 3.23. The van der Waals surface area contributed by atoms with Gasteiger partial charge in [0.25, 0.3) is 0 Å². The average molecular weight is 287 g/mol. The molecule has 0 unspecified atom stereocenters. The SMILES string of the molecule is CCOC(=O)C(=O)Nc1ccc(Br)cc1N. The summed E-state index contributed by atoms with van der Waals surface area (Å²) in [6.45, 7) is 1.78. The van der Waals surface area contributed by atoms with E-state index in [1.165, 1.54) is 0 Å². The number of hydrogen-bond donors (Lipinski definition) is 2. The lowest BCUT2D eigenvalue weighted by Gasteiger charge is -2.07. The minimum absolute atomic E-state index is 0.155. The lowest BCUT2D eigenvalue weighted by molar-refractivity contribution is -0.152. The molecule has 0 saturated heterocycles. The summed E-state index contributed by atoms with van der Waals surface area (Å²) in [5, 5.41) is 2.36. The Hall–Kier alpha value is -1.56. The van der Waals surface area contributed by atoms with E-state index in [4.69, 9.17) is 5.73 Å². The number of carbonyl (C=O) groups excluding carboxylic acids is 2. The van der Waals surface area contributed by atoms with Gasteiger partial charge < -0.3 is 15.8 Å². The maximum atomic E-state index is 11.3. The topological polar surface area (TPSA) is 81.4 Å². The van der Waals surface area contributed by atoms with Gasteiger partial charge in [-0.05, 0) is 25.1 Å². The molecule has 1 rings (SSSR count). The Kier molecular flexibility index (Phi) is 4.30. The quantitative estimate of drug-likeness (QED) is 0.491. The molecule has 0 spiro atoms. The number of nitrogens with two attached hydrogens (primary N) is 1. The fraction of sp³-hybridized carbons (Fsp3) is 0.200.